The third kappa shape index (κ3) is 6.11. The van der Waals surface area contributed by atoms with Crippen molar-refractivity contribution in [2.75, 3.05) is 19.8 Å². The largest absolute Gasteiger partial charge is 0.395 e. The van der Waals surface area contributed by atoms with Crippen molar-refractivity contribution in [1.82, 2.24) is 5.09 Å². The van der Waals surface area contributed by atoms with E-state index in [0.717, 1.165) is 0 Å². The van der Waals surface area contributed by atoms with Gasteiger partial charge in [0.25, 0.3) is 7.52 Å². The lowest BCUT2D eigenvalue weighted by Gasteiger charge is -2.03. The number of nitrogens with one attached hydrogen (secondary N) is 1. The van der Waals surface area contributed by atoms with E-state index >= 15 is 0 Å². The molecular weight excluding hydrogens is 129 g/mol. The minimum atomic E-state index is -3.09. The van der Waals surface area contributed by atoms with Gasteiger partial charge in [-0.05, 0) is 0 Å². The molecule has 0 aromatic carbocycles. The Hall–Kier alpha value is 0.110. The smallest absolute Gasteiger partial charge is 0.264 e. The van der Waals surface area contributed by atoms with E-state index in [2.05, 4.69) is 5.09 Å². The second kappa shape index (κ2) is 3.20. The Morgan fingerprint density at radius 3 is 2.38 bits per heavy atom. The maximum absolute atomic E-state index is 10.3. The van der Waals surface area contributed by atoms with Gasteiger partial charge in [-0.1, -0.05) is 0 Å². The maximum Gasteiger partial charge on any atom is 0.264 e. The average molecular weight is 139 g/mol. The van der Waals surface area contributed by atoms with Gasteiger partial charge in [0.1, 0.15) is 0 Å². The van der Waals surface area contributed by atoms with Crippen LogP contribution in [0, 0.1) is 0 Å². The third-order valence-corrected chi connectivity index (χ3v) is 1.33. The molecule has 4 nitrogen and oxygen atoms in total. The number of aliphatic hydroxyl groups excluding tert-OH is 1. The molecule has 3 N–H and O–H groups in total. The predicted octanol–water partition coefficient (Wildman–Crippen LogP) is -0.617. The topological polar surface area (TPSA) is 69.6 Å². The third-order valence-electron chi connectivity index (χ3n) is 0.517. The number of hydrogen-bond acceptors (Lipinski definition) is 2. The van der Waals surface area contributed by atoms with Crippen molar-refractivity contribution in [1.29, 1.82) is 0 Å². The molecule has 50 valence electrons. The minimum absolute atomic E-state index is 0.113. The first-order chi connectivity index (χ1) is 3.56. The summed E-state index contributed by atoms with van der Waals surface area (Å²) in [4.78, 5) is 8.48. The van der Waals surface area contributed by atoms with Crippen LogP contribution in [-0.4, -0.2) is 29.8 Å². The van der Waals surface area contributed by atoms with E-state index in [1.165, 1.54) is 6.66 Å². The molecule has 0 amide bonds. The van der Waals surface area contributed by atoms with E-state index in [1.807, 2.05) is 0 Å². The number of hydrogen-bond donors (Lipinski definition) is 3. The van der Waals surface area contributed by atoms with Crippen LogP contribution in [0.25, 0.3) is 0 Å². The predicted molar refractivity (Wildman–Crippen MR) is 30.8 cm³/mol. The van der Waals surface area contributed by atoms with Crippen molar-refractivity contribution in [3.8, 4) is 0 Å². The first-order valence-corrected chi connectivity index (χ1v) is 4.33. The van der Waals surface area contributed by atoms with Gasteiger partial charge in [0.2, 0.25) is 0 Å². The van der Waals surface area contributed by atoms with E-state index in [1.54, 1.807) is 0 Å². The zero-order chi connectivity index (χ0) is 6.62. The lowest BCUT2D eigenvalue weighted by atomic mass is 10.8. The molecule has 0 heterocycles. The van der Waals surface area contributed by atoms with Gasteiger partial charge in [0.05, 0.1) is 6.61 Å². The van der Waals surface area contributed by atoms with Gasteiger partial charge < -0.3 is 10.00 Å². The monoisotopic (exact) mass is 139 g/mol. The van der Waals surface area contributed by atoms with Crippen molar-refractivity contribution < 1.29 is 14.6 Å². The van der Waals surface area contributed by atoms with Crippen molar-refractivity contribution in [2.45, 2.75) is 0 Å². The molecular formula is C3H10NO3P. The number of aliphatic hydroxyl groups is 1. The first-order valence-electron chi connectivity index (χ1n) is 2.22. The molecule has 0 aliphatic heterocycles. The molecule has 0 aliphatic rings. The van der Waals surface area contributed by atoms with E-state index < -0.39 is 7.52 Å². The summed E-state index contributed by atoms with van der Waals surface area (Å²) in [5.74, 6) is 0. The Morgan fingerprint density at radius 2 is 2.25 bits per heavy atom. The van der Waals surface area contributed by atoms with Crippen LogP contribution in [0.2, 0.25) is 0 Å². The van der Waals surface area contributed by atoms with E-state index in [9.17, 15) is 4.57 Å². The second-order valence-electron chi connectivity index (χ2n) is 1.51. The Morgan fingerprint density at radius 1 is 1.75 bits per heavy atom. The quantitative estimate of drug-likeness (QED) is 0.456. The molecule has 0 radical (unpaired) electrons. The van der Waals surface area contributed by atoms with Crippen molar-refractivity contribution in [3.05, 3.63) is 0 Å². The van der Waals surface area contributed by atoms with Crippen LogP contribution in [0.4, 0.5) is 0 Å². The highest BCUT2D eigenvalue weighted by Crippen LogP contribution is 2.27. The summed E-state index contributed by atoms with van der Waals surface area (Å²) in [6.07, 6.45) is 0. The molecule has 5 heteroatoms. The Kier molecular flexibility index (Phi) is 3.24. The van der Waals surface area contributed by atoms with Gasteiger partial charge in [0, 0.05) is 13.2 Å². The molecule has 0 bridgehead atoms. The highest BCUT2D eigenvalue weighted by atomic mass is 31.2. The first kappa shape index (κ1) is 8.11. The van der Waals surface area contributed by atoms with Crippen LogP contribution < -0.4 is 5.09 Å². The summed E-state index contributed by atoms with van der Waals surface area (Å²) < 4.78 is 10.3. The van der Waals surface area contributed by atoms with Crippen molar-refractivity contribution in [2.24, 2.45) is 0 Å². The fourth-order valence-corrected chi connectivity index (χ4v) is 0.772. The van der Waals surface area contributed by atoms with Gasteiger partial charge in [-0.25, -0.2) is 5.09 Å². The standard InChI is InChI=1S/C3H10NO3P/c1-8(6,7)4-2-3-5/h5H,2-3H2,1H3,(H2,4,6,7). The Balaban J connectivity index is 3.26. The molecule has 0 spiro atoms. The Bertz CT molecular complexity index is 98.7. The summed E-state index contributed by atoms with van der Waals surface area (Å²) in [6, 6.07) is 0. The molecule has 0 aliphatic carbocycles. The lowest BCUT2D eigenvalue weighted by molar-refractivity contribution is 0.298. The molecule has 0 aromatic heterocycles. The van der Waals surface area contributed by atoms with Gasteiger partial charge in [-0.3, -0.25) is 4.57 Å². The van der Waals surface area contributed by atoms with Gasteiger partial charge in [-0.15, -0.1) is 0 Å². The average Bonchev–Trinajstić information content (AvgIpc) is 1.59. The molecule has 0 rings (SSSR count). The van der Waals surface area contributed by atoms with Gasteiger partial charge in [-0.2, -0.15) is 0 Å². The maximum atomic E-state index is 10.3. The summed E-state index contributed by atoms with van der Waals surface area (Å²) in [6.45, 7) is 1.24. The van der Waals surface area contributed by atoms with Crippen LogP contribution >= 0.6 is 7.52 Å². The molecule has 0 saturated heterocycles. The minimum Gasteiger partial charge on any atom is -0.395 e. The lowest BCUT2D eigenvalue weighted by Crippen LogP contribution is -2.13. The number of rotatable bonds is 3. The van der Waals surface area contributed by atoms with Crippen LogP contribution in [0.1, 0.15) is 0 Å². The molecule has 0 aromatic rings. The van der Waals surface area contributed by atoms with Gasteiger partial charge in [0.15, 0.2) is 0 Å². The van der Waals surface area contributed by atoms with Gasteiger partial charge >= 0.3 is 0 Å². The SMILES string of the molecule is CP(=O)(O)NCCO. The highest BCUT2D eigenvalue weighted by molar-refractivity contribution is 7.54. The highest BCUT2D eigenvalue weighted by Gasteiger charge is 2.04. The second-order valence-corrected chi connectivity index (χ2v) is 3.59. The molecule has 8 heavy (non-hydrogen) atoms. The van der Waals surface area contributed by atoms with Crippen LogP contribution in [-0.2, 0) is 4.57 Å². The molecule has 0 fully saturated rings. The summed E-state index contributed by atoms with van der Waals surface area (Å²) in [5, 5.41) is 10.4. The normalized spacial score (nSPS) is 17.9. The van der Waals surface area contributed by atoms with Crippen LogP contribution in [0.15, 0.2) is 0 Å². The van der Waals surface area contributed by atoms with Crippen LogP contribution in [0.3, 0.4) is 0 Å². The zero-order valence-electron chi connectivity index (χ0n) is 4.66. The molecule has 1 unspecified atom stereocenters. The molecule has 0 saturated carbocycles. The fraction of sp³-hybridized carbons (Fsp3) is 1.00. The van der Waals surface area contributed by atoms with Crippen molar-refractivity contribution >= 4 is 7.52 Å². The fourth-order valence-electron chi connectivity index (χ4n) is 0.257. The summed E-state index contributed by atoms with van der Waals surface area (Å²) in [5.41, 5.74) is 0. The summed E-state index contributed by atoms with van der Waals surface area (Å²) >= 11 is 0. The van der Waals surface area contributed by atoms with E-state index in [0.29, 0.717) is 0 Å². The summed E-state index contributed by atoms with van der Waals surface area (Å²) in [7, 11) is -3.09. The molecule has 1 atom stereocenters. The van der Waals surface area contributed by atoms with E-state index in [4.69, 9.17) is 10.00 Å². The zero-order valence-corrected chi connectivity index (χ0v) is 5.56. The Labute approximate surface area is 48.0 Å². The van der Waals surface area contributed by atoms with Crippen LogP contribution in [0.5, 0.6) is 0 Å². The van der Waals surface area contributed by atoms with Crippen molar-refractivity contribution in [3.63, 3.8) is 0 Å². The van der Waals surface area contributed by atoms with E-state index in [-0.39, 0.29) is 13.2 Å².